The van der Waals surface area contributed by atoms with Gasteiger partial charge in [-0.1, -0.05) is 36.8 Å². The fourth-order valence-electron chi connectivity index (χ4n) is 5.34. The van der Waals surface area contributed by atoms with Crippen LogP contribution in [0.4, 0.5) is 0 Å². The minimum atomic E-state index is 0.0975. The first-order valence-electron chi connectivity index (χ1n) is 10.5. The third-order valence-electron chi connectivity index (χ3n) is 6.33. The summed E-state index contributed by atoms with van der Waals surface area (Å²) in [5.74, 6) is 1.65. The van der Waals surface area contributed by atoms with E-state index in [0.717, 1.165) is 29.5 Å². The number of aryl methyl sites for hydroxylation is 3. The Morgan fingerprint density at radius 2 is 1.87 bits per heavy atom. The number of hydrazone groups is 1. The van der Waals surface area contributed by atoms with Gasteiger partial charge in [0.2, 0.25) is 0 Å². The van der Waals surface area contributed by atoms with Crippen molar-refractivity contribution in [1.29, 1.82) is 0 Å². The van der Waals surface area contributed by atoms with E-state index >= 15 is 0 Å². The molecule has 0 bridgehead atoms. The van der Waals surface area contributed by atoms with Crippen LogP contribution in [-0.4, -0.2) is 17.9 Å². The van der Waals surface area contributed by atoms with Crippen molar-refractivity contribution in [2.24, 2.45) is 16.8 Å². The van der Waals surface area contributed by atoms with Crippen LogP contribution in [0.15, 0.2) is 45.9 Å². The van der Waals surface area contributed by atoms with Crippen LogP contribution >= 0.6 is 12.2 Å². The first kappa shape index (κ1) is 21.4. The number of rotatable bonds is 5. The number of para-hydroxylation sites is 1. The summed E-state index contributed by atoms with van der Waals surface area (Å²) in [5, 5.41) is 5.66. The van der Waals surface area contributed by atoms with Crippen molar-refractivity contribution in [2.75, 3.05) is 7.11 Å². The van der Waals surface area contributed by atoms with E-state index in [0.29, 0.717) is 11.5 Å². The van der Waals surface area contributed by atoms with Gasteiger partial charge in [-0.05, 0) is 80.1 Å². The van der Waals surface area contributed by atoms with E-state index in [1.54, 1.807) is 7.11 Å². The smallest absolute Gasteiger partial charge is 0.184 e. The molecule has 0 radical (unpaired) electrons. The monoisotopic (exact) mass is 435 g/mol. The summed E-state index contributed by atoms with van der Waals surface area (Å²) in [6.45, 7) is 8.91. The van der Waals surface area contributed by atoms with Crippen molar-refractivity contribution in [3.05, 3.63) is 64.4 Å². The quantitative estimate of drug-likeness (QED) is 0.324. The van der Waals surface area contributed by atoms with Gasteiger partial charge in [0, 0.05) is 11.3 Å². The van der Waals surface area contributed by atoms with Crippen molar-refractivity contribution < 1.29 is 9.15 Å². The van der Waals surface area contributed by atoms with Gasteiger partial charge in [-0.3, -0.25) is 5.43 Å². The SMILES string of the molecule is COc1cccc2cc(/C(=N\NC(N)=S)C3CC(C)(c4c(C)cc(C)cc4C)C3)oc12. The van der Waals surface area contributed by atoms with E-state index in [9.17, 15) is 0 Å². The van der Waals surface area contributed by atoms with Crippen LogP contribution in [0.5, 0.6) is 5.75 Å². The second-order valence-corrected chi connectivity index (χ2v) is 9.34. The number of fused-ring (bicyclic) bond motifs is 1. The maximum absolute atomic E-state index is 6.20. The van der Waals surface area contributed by atoms with Gasteiger partial charge in [-0.25, -0.2) is 0 Å². The number of methoxy groups -OCH3 is 1. The Labute approximate surface area is 188 Å². The molecule has 2 aromatic carbocycles. The Morgan fingerprint density at radius 3 is 2.48 bits per heavy atom. The third-order valence-corrected chi connectivity index (χ3v) is 6.42. The largest absolute Gasteiger partial charge is 0.493 e. The Morgan fingerprint density at radius 1 is 1.19 bits per heavy atom. The topological polar surface area (TPSA) is 72.8 Å². The first-order valence-corrected chi connectivity index (χ1v) is 10.9. The Kier molecular flexibility index (Phi) is 5.52. The molecule has 0 amide bonds. The number of hydrogen-bond acceptors (Lipinski definition) is 4. The van der Waals surface area contributed by atoms with Crippen molar-refractivity contribution in [2.45, 2.75) is 46.0 Å². The van der Waals surface area contributed by atoms with E-state index in [-0.39, 0.29) is 16.4 Å². The predicted octanol–water partition coefficient (Wildman–Crippen LogP) is 5.27. The van der Waals surface area contributed by atoms with Crippen molar-refractivity contribution in [3.8, 4) is 5.75 Å². The highest BCUT2D eigenvalue weighted by Crippen LogP contribution is 2.51. The summed E-state index contributed by atoms with van der Waals surface area (Å²) in [6.07, 6.45) is 1.95. The Hall–Kier alpha value is -2.86. The lowest BCUT2D eigenvalue weighted by atomic mass is 9.57. The molecule has 3 aromatic rings. The minimum absolute atomic E-state index is 0.0975. The van der Waals surface area contributed by atoms with Crippen LogP contribution in [0, 0.1) is 26.7 Å². The molecule has 1 fully saturated rings. The molecule has 1 heterocycles. The van der Waals surface area contributed by atoms with Gasteiger partial charge >= 0.3 is 0 Å². The molecule has 162 valence electrons. The molecule has 1 aliphatic rings. The molecule has 0 saturated heterocycles. The zero-order chi connectivity index (χ0) is 22.3. The average molecular weight is 436 g/mol. The van der Waals surface area contributed by atoms with Crippen LogP contribution in [-0.2, 0) is 5.41 Å². The Bertz CT molecular complexity index is 1170. The summed E-state index contributed by atoms with van der Waals surface area (Å²) in [7, 11) is 1.64. The molecular formula is C25H29N3O2S. The highest BCUT2D eigenvalue weighted by molar-refractivity contribution is 7.80. The van der Waals surface area contributed by atoms with E-state index in [2.05, 4.69) is 50.4 Å². The first-order chi connectivity index (χ1) is 14.7. The van der Waals surface area contributed by atoms with Crippen LogP contribution in [0.2, 0.25) is 0 Å². The maximum atomic E-state index is 6.20. The molecule has 0 spiro atoms. The number of nitrogens with two attached hydrogens (primary N) is 1. The number of furan rings is 1. The van der Waals surface area contributed by atoms with Crippen LogP contribution < -0.4 is 15.9 Å². The summed E-state index contributed by atoms with van der Waals surface area (Å²) < 4.78 is 11.7. The standard InChI is InChI=1S/C25H29N3O2S/c1-14-9-15(2)21(16(3)10-14)25(4)12-18(13-25)22(27-28-24(26)31)20-11-17-7-6-8-19(29-5)23(17)30-20/h6-11,18H,12-13H2,1-5H3,(H3,26,28,31)/b27-22-. The predicted molar refractivity (Wildman–Crippen MR) is 130 cm³/mol. The molecule has 0 aliphatic heterocycles. The number of nitrogens with one attached hydrogen (secondary N) is 1. The molecular weight excluding hydrogens is 406 g/mol. The molecule has 5 nitrogen and oxygen atoms in total. The lowest BCUT2D eigenvalue weighted by Crippen LogP contribution is -2.44. The molecule has 31 heavy (non-hydrogen) atoms. The second kappa shape index (κ2) is 8.00. The molecule has 3 N–H and O–H groups in total. The fraction of sp³-hybridized carbons (Fsp3) is 0.360. The minimum Gasteiger partial charge on any atom is -0.493 e. The number of thiocarbonyl (C=S) groups is 1. The molecule has 0 atom stereocenters. The van der Waals surface area contributed by atoms with E-state index in [1.807, 2.05) is 24.3 Å². The Balaban J connectivity index is 1.69. The summed E-state index contributed by atoms with van der Waals surface area (Å²) in [5.41, 5.74) is 15.5. The van der Waals surface area contributed by atoms with Crippen molar-refractivity contribution in [1.82, 2.24) is 5.43 Å². The highest BCUT2D eigenvalue weighted by atomic mass is 32.1. The van der Waals surface area contributed by atoms with Gasteiger partial charge in [0.15, 0.2) is 22.2 Å². The number of benzene rings is 2. The van der Waals surface area contributed by atoms with Gasteiger partial charge in [-0.2, -0.15) is 5.10 Å². The summed E-state index contributed by atoms with van der Waals surface area (Å²) in [4.78, 5) is 0. The maximum Gasteiger partial charge on any atom is 0.184 e. The number of hydrogen-bond donors (Lipinski definition) is 2. The van der Waals surface area contributed by atoms with Crippen molar-refractivity contribution in [3.63, 3.8) is 0 Å². The highest BCUT2D eigenvalue weighted by Gasteiger charge is 2.46. The van der Waals surface area contributed by atoms with E-state index < -0.39 is 0 Å². The molecule has 1 aromatic heterocycles. The number of ether oxygens (including phenoxy) is 1. The zero-order valence-corrected chi connectivity index (χ0v) is 19.5. The molecule has 6 heteroatoms. The zero-order valence-electron chi connectivity index (χ0n) is 18.7. The average Bonchev–Trinajstić information content (AvgIpc) is 3.09. The number of nitrogens with zero attached hydrogens (tertiary/aromatic N) is 1. The van der Waals surface area contributed by atoms with Crippen LogP contribution in [0.3, 0.4) is 0 Å². The third kappa shape index (κ3) is 3.92. The summed E-state index contributed by atoms with van der Waals surface area (Å²) >= 11 is 4.99. The van der Waals surface area contributed by atoms with Crippen LogP contribution in [0.1, 0.15) is 47.8 Å². The molecule has 0 unspecified atom stereocenters. The molecule has 4 rings (SSSR count). The van der Waals surface area contributed by atoms with Gasteiger partial charge in [-0.15, -0.1) is 0 Å². The fourth-order valence-corrected chi connectivity index (χ4v) is 5.39. The molecule has 1 aliphatic carbocycles. The summed E-state index contributed by atoms with van der Waals surface area (Å²) in [6, 6.07) is 12.4. The van der Waals surface area contributed by atoms with Crippen LogP contribution in [0.25, 0.3) is 11.0 Å². The van der Waals surface area contributed by atoms with E-state index in [1.165, 1.54) is 22.3 Å². The van der Waals surface area contributed by atoms with Gasteiger partial charge < -0.3 is 14.9 Å². The van der Waals surface area contributed by atoms with Gasteiger partial charge in [0.1, 0.15) is 5.71 Å². The lowest BCUT2D eigenvalue weighted by molar-refractivity contribution is 0.214. The van der Waals surface area contributed by atoms with Crippen molar-refractivity contribution >= 4 is 34.0 Å². The molecule has 1 saturated carbocycles. The lowest BCUT2D eigenvalue weighted by Gasteiger charge is -2.47. The van der Waals surface area contributed by atoms with E-state index in [4.69, 9.17) is 27.1 Å². The van der Waals surface area contributed by atoms with Gasteiger partial charge in [0.25, 0.3) is 0 Å². The second-order valence-electron chi connectivity index (χ2n) is 8.90. The van der Waals surface area contributed by atoms with Gasteiger partial charge in [0.05, 0.1) is 7.11 Å². The normalized spacial score (nSPS) is 21.1.